The summed E-state index contributed by atoms with van der Waals surface area (Å²) < 4.78 is 0. The zero-order valence-corrected chi connectivity index (χ0v) is 12.6. The molecule has 1 aliphatic carbocycles. The van der Waals surface area contributed by atoms with Gasteiger partial charge >= 0.3 is 0 Å². The molecule has 0 aromatic heterocycles. The average molecular weight is 253 g/mol. The molecule has 0 aromatic carbocycles. The molecule has 0 heterocycles. The van der Waals surface area contributed by atoms with Crippen molar-refractivity contribution in [2.75, 3.05) is 0 Å². The van der Waals surface area contributed by atoms with Crippen molar-refractivity contribution in [2.45, 2.75) is 72.3 Å². The van der Waals surface area contributed by atoms with Gasteiger partial charge in [-0.05, 0) is 50.9 Å². The quantitative estimate of drug-likeness (QED) is 0.782. The summed E-state index contributed by atoms with van der Waals surface area (Å²) >= 11 is 0. The molecule has 1 rings (SSSR count). The van der Waals surface area contributed by atoms with Crippen LogP contribution in [0.4, 0.5) is 0 Å². The second-order valence-corrected chi connectivity index (χ2v) is 6.83. The molecule has 2 nitrogen and oxygen atoms in total. The van der Waals surface area contributed by atoms with Crippen molar-refractivity contribution >= 4 is 5.78 Å². The minimum Gasteiger partial charge on any atom is -0.328 e. The lowest BCUT2D eigenvalue weighted by molar-refractivity contribution is -0.128. The molecule has 0 saturated heterocycles. The van der Waals surface area contributed by atoms with E-state index in [1.165, 1.54) is 6.42 Å². The third-order valence-corrected chi connectivity index (χ3v) is 4.36. The van der Waals surface area contributed by atoms with Gasteiger partial charge in [-0.15, -0.1) is 0 Å². The van der Waals surface area contributed by atoms with Gasteiger partial charge in [0.15, 0.2) is 0 Å². The number of hydrogen-bond acceptors (Lipinski definition) is 2. The van der Waals surface area contributed by atoms with Gasteiger partial charge in [-0.1, -0.05) is 27.2 Å². The molecule has 2 heteroatoms. The number of nitrogens with two attached hydrogens (primary N) is 1. The van der Waals surface area contributed by atoms with Crippen LogP contribution < -0.4 is 5.73 Å². The van der Waals surface area contributed by atoms with Crippen molar-refractivity contribution in [3.8, 4) is 0 Å². The first-order valence-electron chi connectivity index (χ1n) is 7.69. The Kier molecular flexibility index (Phi) is 6.34. The monoisotopic (exact) mass is 253 g/mol. The topological polar surface area (TPSA) is 43.1 Å². The molecule has 0 radical (unpaired) electrons. The zero-order chi connectivity index (χ0) is 13.7. The first-order valence-corrected chi connectivity index (χ1v) is 7.69. The van der Waals surface area contributed by atoms with Crippen LogP contribution in [0, 0.1) is 23.7 Å². The molecule has 0 spiro atoms. The van der Waals surface area contributed by atoms with Gasteiger partial charge in [-0.2, -0.15) is 0 Å². The Labute approximate surface area is 113 Å². The van der Waals surface area contributed by atoms with E-state index in [0.29, 0.717) is 11.7 Å². The fourth-order valence-electron chi connectivity index (χ4n) is 3.47. The number of ketones is 1. The SMILES string of the molecule is CC(N)CCCC(C)C(=O)C1CC(C)CC(C)C1. The zero-order valence-electron chi connectivity index (χ0n) is 12.6. The van der Waals surface area contributed by atoms with Crippen molar-refractivity contribution in [3.05, 3.63) is 0 Å². The summed E-state index contributed by atoms with van der Waals surface area (Å²) in [5, 5.41) is 0. The molecule has 0 bridgehead atoms. The fraction of sp³-hybridized carbons (Fsp3) is 0.938. The highest BCUT2D eigenvalue weighted by molar-refractivity contribution is 5.83. The van der Waals surface area contributed by atoms with Crippen molar-refractivity contribution in [3.63, 3.8) is 0 Å². The Morgan fingerprint density at radius 2 is 1.67 bits per heavy atom. The highest BCUT2D eigenvalue weighted by atomic mass is 16.1. The van der Waals surface area contributed by atoms with E-state index in [1.54, 1.807) is 0 Å². The highest BCUT2D eigenvalue weighted by Gasteiger charge is 2.30. The lowest BCUT2D eigenvalue weighted by atomic mass is 9.72. The van der Waals surface area contributed by atoms with E-state index < -0.39 is 0 Å². The molecule has 0 aromatic rings. The molecular weight excluding hydrogens is 222 g/mol. The first kappa shape index (κ1) is 15.7. The van der Waals surface area contributed by atoms with Crippen LogP contribution in [0.1, 0.15) is 66.2 Å². The van der Waals surface area contributed by atoms with E-state index in [0.717, 1.165) is 43.9 Å². The van der Waals surface area contributed by atoms with Crippen molar-refractivity contribution in [1.29, 1.82) is 0 Å². The predicted molar refractivity (Wildman–Crippen MR) is 77.3 cm³/mol. The van der Waals surface area contributed by atoms with E-state index in [4.69, 9.17) is 5.73 Å². The average Bonchev–Trinajstić information content (AvgIpc) is 2.26. The number of carbonyl (C=O) groups excluding carboxylic acids is 1. The maximum Gasteiger partial charge on any atom is 0.138 e. The van der Waals surface area contributed by atoms with Crippen molar-refractivity contribution in [1.82, 2.24) is 0 Å². The molecule has 1 fully saturated rings. The van der Waals surface area contributed by atoms with Crippen LogP contribution in [0.5, 0.6) is 0 Å². The van der Waals surface area contributed by atoms with Gasteiger partial charge < -0.3 is 5.73 Å². The molecule has 4 unspecified atom stereocenters. The van der Waals surface area contributed by atoms with E-state index in [9.17, 15) is 4.79 Å². The smallest absolute Gasteiger partial charge is 0.138 e. The van der Waals surface area contributed by atoms with E-state index in [2.05, 4.69) is 20.8 Å². The second-order valence-electron chi connectivity index (χ2n) is 6.83. The van der Waals surface area contributed by atoms with Gasteiger partial charge in [0, 0.05) is 17.9 Å². The molecule has 4 atom stereocenters. The third kappa shape index (κ3) is 5.09. The summed E-state index contributed by atoms with van der Waals surface area (Å²) in [5.74, 6) is 2.51. The summed E-state index contributed by atoms with van der Waals surface area (Å²) in [5.41, 5.74) is 5.75. The van der Waals surface area contributed by atoms with Gasteiger partial charge in [-0.3, -0.25) is 4.79 Å². The van der Waals surface area contributed by atoms with Crippen molar-refractivity contribution < 1.29 is 4.79 Å². The number of rotatable bonds is 6. The highest BCUT2D eigenvalue weighted by Crippen LogP contribution is 2.35. The van der Waals surface area contributed by atoms with Crippen LogP contribution in [0.15, 0.2) is 0 Å². The van der Waals surface area contributed by atoms with Gasteiger partial charge in [0.2, 0.25) is 0 Å². The molecule has 18 heavy (non-hydrogen) atoms. The van der Waals surface area contributed by atoms with E-state index in [-0.39, 0.29) is 12.0 Å². The maximum atomic E-state index is 12.4. The standard InChI is InChI=1S/C16H31NO/c1-11-8-12(2)10-15(9-11)16(18)13(3)6-5-7-14(4)17/h11-15H,5-10,17H2,1-4H3. The van der Waals surface area contributed by atoms with E-state index >= 15 is 0 Å². The van der Waals surface area contributed by atoms with Crippen LogP contribution in [-0.2, 0) is 4.79 Å². The van der Waals surface area contributed by atoms with Crippen molar-refractivity contribution in [2.24, 2.45) is 29.4 Å². The van der Waals surface area contributed by atoms with Gasteiger partial charge in [0.25, 0.3) is 0 Å². The summed E-state index contributed by atoms with van der Waals surface area (Å²) in [6.45, 7) is 8.72. The van der Waals surface area contributed by atoms with Crippen LogP contribution in [0.3, 0.4) is 0 Å². The Morgan fingerprint density at radius 1 is 1.11 bits per heavy atom. The largest absolute Gasteiger partial charge is 0.328 e. The molecule has 2 N–H and O–H groups in total. The maximum absolute atomic E-state index is 12.4. The van der Waals surface area contributed by atoms with Gasteiger partial charge in [-0.25, -0.2) is 0 Å². The lowest BCUT2D eigenvalue weighted by Crippen LogP contribution is -2.29. The summed E-state index contributed by atoms with van der Waals surface area (Å²) in [6.07, 6.45) is 6.65. The Morgan fingerprint density at radius 3 is 2.17 bits per heavy atom. The summed E-state index contributed by atoms with van der Waals surface area (Å²) in [6, 6.07) is 0.266. The van der Waals surface area contributed by atoms with Crippen LogP contribution in [0.2, 0.25) is 0 Å². The number of Topliss-reactive ketones (excluding diaryl/α,β-unsaturated/α-hetero) is 1. The summed E-state index contributed by atoms with van der Waals surface area (Å²) in [4.78, 5) is 12.4. The Bertz CT molecular complexity index is 252. The predicted octanol–water partition coefficient (Wildman–Crippen LogP) is 3.78. The molecule has 0 aliphatic heterocycles. The Hall–Kier alpha value is -0.370. The molecule has 1 aliphatic rings. The van der Waals surface area contributed by atoms with Gasteiger partial charge in [0.1, 0.15) is 5.78 Å². The molecular formula is C16H31NO. The van der Waals surface area contributed by atoms with Gasteiger partial charge in [0.05, 0.1) is 0 Å². The van der Waals surface area contributed by atoms with Crippen LogP contribution >= 0.6 is 0 Å². The molecule has 1 saturated carbocycles. The molecule has 106 valence electrons. The van der Waals surface area contributed by atoms with Crippen LogP contribution in [0.25, 0.3) is 0 Å². The normalized spacial score (nSPS) is 31.9. The summed E-state index contributed by atoms with van der Waals surface area (Å²) in [7, 11) is 0. The minimum absolute atomic E-state index is 0.228. The molecule has 0 amide bonds. The second kappa shape index (κ2) is 7.28. The third-order valence-electron chi connectivity index (χ3n) is 4.36. The lowest BCUT2D eigenvalue weighted by Gasteiger charge is -2.32. The van der Waals surface area contributed by atoms with Crippen LogP contribution in [-0.4, -0.2) is 11.8 Å². The minimum atomic E-state index is 0.228. The number of carbonyl (C=O) groups is 1. The Balaban J connectivity index is 2.38. The first-order chi connectivity index (χ1) is 8.40. The fourth-order valence-corrected chi connectivity index (χ4v) is 3.47. The van der Waals surface area contributed by atoms with E-state index in [1.807, 2.05) is 6.92 Å². The number of hydrogen-bond donors (Lipinski definition) is 1.